The molecule has 1 saturated heterocycles. The van der Waals surface area contributed by atoms with Gasteiger partial charge in [-0.25, -0.2) is 27.5 Å². The van der Waals surface area contributed by atoms with Crippen molar-refractivity contribution < 1.29 is 17.9 Å². The zero-order valence-corrected chi connectivity index (χ0v) is 15.9. The Bertz CT molecular complexity index is 945. The lowest BCUT2D eigenvalue weighted by Crippen LogP contribution is -2.34. The van der Waals surface area contributed by atoms with Crippen molar-refractivity contribution in [3.63, 3.8) is 0 Å². The Morgan fingerprint density at radius 2 is 1.92 bits per heavy atom. The van der Waals surface area contributed by atoms with Crippen LogP contribution >= 0.6 is 0 Å². The molecule has 2 heterocycles. The van der Waals surface area contributed by atoms with Crippen molar-refractivity contribution in [1.29, 1.82) is 0 Å². The van der Waals surface area contributed by atoms with Gasteiger partial charge in [-0.1, -0.05) is 0 Å². The second-order valence-electron chi connectivity index (χ2n) is 6.38. The molecule has 2 aromatic rings. The van der Waals surface area contributed by atoms with Gasteiger partial charge in [-0.2, -0.15) is 0 Å². The summed E-state index contributed by atoms with van der Waals surface area (Å²) in [6, 6.07) is 3.60. The van der Waals surface area contributed by atoms with E-state index in [0.717, 1.165) is 23.2 Å². The molecule has 1 aromatic heterocycles. The lowest BCUT2D eigenvalue weighted by Gasteiger charge is -2.23. The second-order valence-corrected chi connectivity index (χ2v) is 8.36. The monoisotopic (exact) mass is 378 g/mol. The van der Waals surface area contributed by atoms with E-state index in [1.165, 1.54) is 24.0 Å². The van der Waals surface area contributed by atoms with Gasteiger partial charge in [0.2, 0.25) is 10.0 Å². The van der Waals surface area contributed by atoms with Crippen LogP contribution in [0.3, 0.4) is 0 Å². The molecule has 0 aliphatic carbocycles. The Kier molecular flexibility index (Phi) is 5.10. The summed E-state index contributed by atoms with van der Waals surface area (Å²) in [5.74, 6) is 0.355. The molecule has 8 nitrogen and oxygen atoms in total. The van der Waals surface area contributed by atoms with Crippen LogP contribution in [0.4, 0.5) is 5.82 Å². The lowest BCUT2D eigenvalue weighted by molar-refractivity contribution is 0.0600. The van der Waals surface area contributed by atoms with E-state index < -0.39 is 16.0 Å². The van der Waals surface area contributed by atoms with Gasteiger partial charge < -0.3 is 9.64 Å². The molecule has 1 aliphatic heterocycles. The molecule has 1 fully saturated rings. The van der Waals surface area contributed by atoms with Crippen molar-refractivity contribution in [2.75, 3.05) is 44.4 Å². The molecule has 0 bridgehead atoms. The van der Waals surface area contributed by atoms with Crippen LogP contribution in [-0.4, -0.2) is 68.2 Å². The van der Waals surface area contributed by atoms with E-state index in [9.17, 15) is 13.2 Å². The molecular formula is C17H22N4O4S. The van der Waals surface area contributed by atoms with Crippen molar-refractivity contribution in [3.8, 4) is 0 Å². The summed E-state index contributed by atoms with van der Waals surface area (Å²) >= 11 is 0. The van der Waals surface area contributed by atoms with E-state index in [2.05, 4.69) is 14.9 Å². The fourth-order valence-corrected chi connectivity index (χ4v) is 4.09. The molecule has 0 atom stereocenters. The van der Waals surface area contributed by atoms with Gasteiger partial charge in [-0.15, -0.1) is 0 Å². The predicted octanol–water partition coefficient (Wildman–Crippen LogP) is 1.20. The number of rotatable bonds is 3. The van der Waals surface area contributed by atoms with Crippen LogP contribution in [0.2, 0.25) is 0 Å². The first-order valence-corrected chi connectivity index (χ1v) is 10.2. The van der Waals surface area contributed by atoms with E-state index in [0.29, 0.717) is 37.3 Å². The number of anilines is 1. The summed E-state index contributed by atoms with van der Waals surface area (Å²) in [5.41, 5.74) is 1.92. The molecule has 0 amide bonds. The van der Waals surface area contributed by atoms with Crippen molar-refractivity contribution in [2.45, 2.75) is 13.3 Å². The highest BCUT2D eigenvalue weighted by Crippen LogP contribution is 2.27. The normalized spacial score (nSPS) is 16.5. The highest BCUT2D eigenvalue weighted by molar-refractivity contribution is 7.88. The van der Waals surface area contributed by atoms with Crippen LogP contribution in [0.1, 0.15) is 22.3 Å². The molecule has 0 radical (unpaired) electrons. The minimum Gasteiger partial charge on any atom is -0.465 e. The largest absolute Gasteiger partial charge is 0.465 e. The number of esters is 1. The average Bonchev–Trinajstić information content (AvgIpc) is 2.86. The maximum atomic E-state index is 11.9. The summed E-state index contributed by atoms with van der Waals surface area (Å²) in [7, 11) is -1.85. The molecule has 0 saturated carbocycles. The van der Waals surface area contributed by atoms with E-state index in [1.807, 2.05) is 13.0 Å². The summed E-state index contributed by atoms with van der Waals surface area (Å²) in [4.78, 5) is 22.7. The number of carbonyl (C=O) groups is 1. The number of nitrogens with zero attached hydrogens (tertiary/aromatic N) is 4. The van der Waals surface area contributed by atoms with Crippen LogP contribution in [-0.2, 0) is 14.8 Å². The first kappa shape index (κ1) is 18.5. The van der Waals surface area contributed by atoms with Gasteiger partial charge in [0.05, 0.1) is 24.4 Å². The summed E-state index contributed by atoms with van der Waals surface area (Å²) in [6.45, 7) is 4.02. The summed E-state index contributed by atoms with van der Waals surface area (Å²) in [5, 5.41) is 0.838. The van der Waals surface area contributed by atoms with E-state index in [4.69, 9.17) is 4.74 Å². The number of hydrogen-bond donors (Lipinski definition) is 0. The van der Waals surface area contributed by atoms with Crippen LogP contribution in [0.25, 0.3) is 10.9 Å². The molecule has 1 aliphatic rings. The van der Waals surface area contributed by atoms with Gasteiger partial charge >= 0.3 is 5.97 Å². The maximum absolute atomic E-state index is 11.9. The fraction of sp³-hybridized carbons (Fsp3) is 0.471. The summed E-state index contributed by atoms with van der Waals surface area (Å²) in [6.07, 6.45) is 3.42. The molecule has 0 unspecified atom stereocenters. The van der Waals surface area contributed by atoms with Crippen molar-refractivity contribution in [1.82, 2.24) is 14.3 Å². The third-order valence-corrected chi connectivity index (χ3v) is 5.89. The van der Waals surface area contributed by atoms with Gasteiger partial charge in [0.1, 0.15) is 12.1 Å². The third-order valence-electron chi connectivity index (χ3n) is 4.59. The number of methoxy groups -OCH3 is 1. The Morgan fingerprint density at radius 1 is 1.15 bits per heavy atom. The molecule has 0 spiro atoms. The van der Waals surface area contributed by atoms with Crippen molar-refractivity contribution >= 4 is 32.7 Å². The predicted molar refractivity (Wildman–Crippen MR) is 98.9 cm³/mol. The molecular weight excluding hydrogens is 356 g/mol. The van der Waals surface area contributed by atoms with Crippen LogP contribution in [0.5, 0.6) is 0 Å². The highest BCUT2D eigenvalue weighted by atomic mass is 32.2. The number of aryl methyl sites for hydroxylation is 1. The lowest BCUT2D eigenvalue weighted by atomic mass is 10.0. The van der Waals surface area contributed by atoms with E-state index >= 15 is 0 Å². The quantitative estimate of drug-likeness (QED) is 0.741. The number of carbonyl (C=O) groups excluding carboxylic acids is 1. The van der Waals surface area contributed by atoms with Crippen LogP contribution < -0.4 is 4.90 Å². The SMILES string of the molecule is COC(=O)c1cc2ncnc(N3CCCN(S(C)(=O)=O)CC3)c2cc1C. The minimum absolute atomic E-state index is 0.400. The van der Waals surface area contributed by atoms with Gasteiger partial charge in [-0.05, 0) is 31.0 Å². The summed E-state index contributed by atoms with van der Waals surface area (Å²) < 4.78 is 29.9. The molecule has 26 heavy (non-hydrogen) atoms. The van der Waals surface area contributed by atoms with Gasteiger partial charge in [0.15, 0.2) is 0 Å². The first-order chi connectivity index (χ1) is 12.3. The Labute approximate surface area is 152 Å². The molecule has 1 aromatic carbocycles. The Hall–Kier alpha value is -2.26. The second kappa shape index (κ2) is 7.16. The smallest absolute Gasteiger partial charge is 0.338 e. The maximum Gasteiger partial charge on any atom is 0.338 e. The number of hydrogen-bond acceptors (Lipinski definition) is 7. The number of benzene rings is 1. The average molecular weight is 378 g/mol. The Morgan fingerprint density at radius 3 is 2.62 bits per heavy atom. The topological polar surface area (TPSA) is 92.7 Å². The fourth-order valence-electron chi connectivity index (χ4n) is 3.22. The standard InChI is InChI=1S/C17H22N4O4S/c1-12-9-14-15(10-13(12)17(22)25-2)18-11-19-16(14)20-5-4-6-21(8-7-20)26(3,23)24/h9-11H,4-8H2,1-3H3. The van der Waals surface area contributed by atoms with Gasteiger partial charge in [0.25, 0.3) is 0 Å². The molecule has 140 valence electrons. The molecule has 0 N–H and O–H groups in total. The van der Waals surface area contributed by atoms with Gasteiger partial charge in [-0.3, -0.25) is 0 Å². The van der Waals surface area contributed by atoms with E-state index in [1.54, 1.807) is 6.07 Å². The van der Waals surface area contributed by atoms with Crippen LogP contribution in [0, 0.1) is 6.92 Å². The number of fused-ring (bicyclic) bond motifs is 1. The minimum atomic E-state index is -3.20. The number of sulfonamides is 1. The molecule has 9 heteroatoms. The van der Waals surface area contributed by atoms with Gasteiger partial charge in [0, 0.05) is 31.6 Å². The Balaban J connectivity index is 1.98. The highest BCUT2D eigenvalue weighted by Gasteiger charge is 2.23. The zero-order chi connectivity index (χ0) is 18.9. The zero-order valence-electron chi connectivity index (χ0n) is 15.1. The first-order valence-electron chi connectivity index (χ1n) is 8.35. The number of aromatic nitrogens is 2. The van der Waals surface area contributed by atoms with Crippen LogP contribution in [0.15, 0.2) is 18.5 Å². The van der Waals surface area contributed by atoms with E-state index in [-0.39, 0.29) is 0 Å². The number of ether oxygens (including phenoxy) is 1. The van der Waals surface area contributed by atoms with Crippen molar-refractivity contribution in [3.05, 3.63) is 29.6 Å². The third kappa shape index (κ3) is 3.63. The van der Waals surface area contributed by atoms with Crippen molar-refractivity contribution in [2.24, 2.45) is 0 Å². The molecule has 3 rings (SSSR count).